The normalized spacial score (nSPS) is 37.5. The van der Waals surface area contributed by atoms with Gasteiger partial charge in [0.2, 0.25) is 5.91 Å². The van der Waals surface area contributed by atoms with E-state index < -0.39 is 6.10 Å². The monoisotopic (exact) mass is 581 g/mol. The fourth-order valence-electron chi connectivity index (χ4n) is 7.11. The molecule has 1 aliphatic carbocycles. The maximum atomic E-state index is 13.2. The molecular formula is C29H55N7O5. The second-order valence-electron chi connectivity index (χ2n) is 13.0. The van der Waals surface area contributed by atoms with Gasteiger partial charge in [-0.3, -0.25) is 31.0 Å². The first-order chi connectivity index (χ1) is 19.9. The van der Waals surface area contributed by atoms with Gasteiger partial charge in [-0.15, -0.1) is 0 Å². The van der Waals surface area contributed by atoms with Crippen LogP contribution in [0.5, 0.6) is 0 Å². The van der Waals surface area contributed by atoms with Crippen molar-refractivity contribution in [1.29, 1.82) is 0 Å². The van der Waals surface area contributed by atoms with E-state index in [4.69, 9.17) is 14.2 Å². The van der Waals surface area contributed by atoms with Crippen LogP contribution in [0, 0.1) is 11.8 Å². The van der Waals surface area contributed by atoms with Gasteiger partial charge in [0, 0.05) is 38.6 Å². The average Bonchev–Trinajstić information content (AvgIpc) is 3.36. The number of rotatable bonds is 13. The summed E-state index contributed by atoms with van der Waals surface area (Å²) in [4.78, 5) is 17.8. The summed E-state index contributed by atoms with van der Waals surface area (Å²) in [5, 5.41) is 27.8. The molecule has 5 aliphatic rings. The first-order valence-corrected chi connectivity index (χ1v) is 16.1. The summed E-state index contributed by atoms with van der Waals surface area (Å²) in [5.41, 5.74) is 0. The summed E-state index contributed by atoms with van der Waals surface area (Å²) in [5.74, 6) is 1.30. The number of carbonyl (C=O) groups excluding carboxylic acids is 1. The number of likely N-dealkylation sites (tertiary alicyclic amines) is 1. The fraction of sp³-hybridized carbons (Fsp3) is 0.966. The lowest BCUT2D eigenvalue weighted by molar-refractivity contribution is -0.126. The number of nitrogens with one attached hydrogen (secondary N) is 5. The summed E-state index contributed by atoms with van der Waals surface area (Å²) in [6, 6.07) is 0.347. The van der Waals surface area contributed by atoms with Gasteiger partial charge < -0.3 is 29.5 Å². The number of amides is 1. The number of ether oxygens (including phenoxy) is 3. The summed E-state index contributed by atoms with van der Waals surface area (Å²) in [6.45, 7) is 10.8. The minimum Gasteiger partial charge on any atom is -0.390 e. The van der Waals surface area contributed by atoms with Gasteiger partial charge in [-0.05, 0) is 64.5 Å². The van der Waals surface area contributed by atoms with Crippen LogP contribution in [0.2, 0.25) is 0 Å². The molecule has 0 aromatic rings. The smallest absolute Gasteiger partial charge is 0.237 e. The molecule has 5 fully saturated rings. The number of aliphatic hydroxyl groups is 1. The highest BCUT2D eigenvalue weighted by atomic mass is 16.5. The lowest BCUT2D eigenvalue weighted by atomic mass is 9.74. The fourth-order valence-corrected chi connectivity index (χ4v) is 7.11. The number of carbonyl (C=O) groups is 1. The molecule has 0 aromatic heterocycles. The molecule has 4 heterocycles. The SMILES string of the molecule is CCCN(C)C1NC(NC2COC2)CC(C(=O)NC[C@H](O)CN2CCC3CC(OCC4OCNC4C)CCC3C2)N1. The Kier molecular flexibility index (Phi) is 11.7. The first-order valence-electron chi connectivity index (χ1n) is 16.1. The summed E-state index contributed by atoms with van der Waals surface area (Å²) >= 11 is 0. The molecule has 12 heteroatoms. The van der Waals surface area contributed by atoms with Crippen molar-refractivity contribution in [3.63, 3.8) is 0 Å². The highest BCUT2D eigenvalue weighted by molar-refractivity contribution is 5.82. The number of aliphatic hydroxyl groups excluding tert-OH is 1. The van der Waals surface area contributed by atoms with Crippen LogP contribution in [0.3, 0.4) is 0 Å². The third-order valence-electron chi connectivity index (χ3n) is 9.74. The number of hydrogen-bond donors (Lipinski definition) is 6. The van der Waals surface area contributed by atoms with E-state index in [1.54, 1.807) is 0 Å². The van der Waals surface area contributed by atoms with Gasteiger partial charge in [0.1, 0.15) is 6.29 Å². The topological polar surface area (TPSA) is 132 Å². The Labute approximate surface area is 245 Å². The third kappa shape index (κ3) is 8.81. The average molecular weight is 582 g/mol. The largest absolute Gasteiger partial charge is 0.390 e. The predicted molar refractivity (Wildman–Crippen MR) is 156 cm³/mol. The maximum absolute atomic E-state index is 13.2. The molecule has 0 radical (unpaired) electrons. The Morgan fingerprint density at radius 1 is 1.20 bits per heavy atom. The van der Waals surface area contributed by atoms with Gasteiger partial charge in [-0.1, -0.05) is 6.92 Å². The third-order valence-corrected chi connectivity index (χ3v) is 9.74. The first kappa shape index (κ1) is 31.5. The van der Waals surface area contributed by atoms with Crippen LogP contribution in [-0.4, -0.2) is 136 Å². The lowest BCUT2D eigenvalue weighted by Crippen LogP contribution is -2.71. The van der Waals surface area contributed by atoms with Crippen molar-refractivity contribution in [2.45, 2.75) is 101 Å². The molecule has 1 amide bonds. The highest BCUT2D eigenvalue weighted by Gasteiger charge is 2.38. The maximum Gasteiger partial charge on any atom is 0.237 e. The van der Waals surface area contributed by atoms with E-state index >= 15 is 0 Å². The number of nitrogens with zero attached hydrogens (tertiary/aromatic N) is 2. The van der Waals surface area contributed by atoms with Gasteiger partial charge in [-0.2, -0.15) is 0 Å². The zero-order valence-electron chi connectivity index (χ0n) is 25.4. The van der Waals surface area contributed by atoms with E-state index in [0.717, 1.165) is 45.3 Å². The Bertz CT molecular complexity index is 822. The molecule has 5 rings (SSSR count). The number of hydrogen-bond acceptors (Lipinski definition) is 11. The number of piperidine rings is 1. The molecule has 4 saturated heterocycles. The molecule has 6 N–H and O–H groups in total. The molecule has 8 unspecified atom stereocenters. The summed E-state index contributed by atoms with van der Waals surface area (Å²) < 4.78 is 17.3. The molecule has 9 atom stereocenters. The van der Waals surface area contributed by atoms with Crippen molar-refractivity contribution >= 4 is 5.91 Å². The van der Waals surface area contributed by atoms with E-state index in [9.17, 15) is 9.90 Å². The Morgan fingerprint density at radius 3 is 2.78 bits per heavy atom. The lowest BCUT2D eigenvalue weighted by Gasteiger charge is -2.44. The molecule has 0 spiro atoms. The quantitative estimate of drug-likeness (QED) is 0.163. The van der Waals surface area contributed by atoms with E-state index in [1.807, 2.05) is 0 Å². The molecule has 1 saturated carbocycles. The Morgan fingerprint density at radius 2 is 2.05 bits per heavy atom. The van der Waals surface area contributed by atoms with E-state index in [2.05, 4.69) is 57.3 Å². The van der Waals surface area contributed by atoms with Crippen LogP contribution in [0.25, 0.3) is 0 Å². The second kappa shape index (κ2) is 15.2. The highest BCUT2D eigenvalue weighted by Crippen LogP contribution is 2.37. The number of β-amino-alcohol motifs (C(OH)–C–C–N with tert-alkyl or cyclic N) is 1. The van der Waals surface area contributed by atoms with E-state index in [-0.39, 0.29) is 37.1 Å². The van der Waals surface area contributed by atoms with E-state index in [0.29, 0.717) is 69.5 Å². The molecule has 41 heavy (non-hydrogen) atoms. The van der Waals surface area contributed by atoms with Crippen molar-refractivity contribution in [1.82, 2.24) is 36.4 Å². The van der Waals surface area contributed by atoms with Crippen LogP contribution >= 0.6 is 0 Å². The van der Waals surface area contributed by atoms with Crippen LogP contribution in [0.1, 0.15) is 52.4 Å². The minimum absolute atomic E-state index is 0.0218. The van der Waals surface area contributed by atoms with Crippen molar-refractivity contribution < 1.29 is 24.1 Å². The molecule has 4 aliphatic heterocycles. The summed E-state index contributed by atoms with van der Waals surface area (Å²) in [7, 11) is 2.06. The Balaban J connectivity index is 1.01. The van der Waals surface area contributed by atoms with Gasteiger partial charge in [0.15, 0.2) is 0 Å². The van der Waals surface area contributed by atoms with Gasteiger partial charge in [-0.25, -0.2) is 0 Å². The molecular weight excluding hydrogens is 526 g/mol. The Hall–Kier alpha value is -0.930. The van der Waals surface area contributed by atoms with Crippen LogP contribution in [-0.2, 0) is 19.0 Å². The van der Waals surface area contributed by atoms with Crippen molar-refractivity contribution in [3.8, 4) is 0 Å². The number of fused-ring (bicyclic) bond motifs is 1. The van der Waals surface area contributed by atoms with Crippen molar-refractivity contribution in [3.05, 3.63) is 0 Å². The van der Waals surface area contributed by atoms with Crippen molar-refractivity contribution in [2.24, 2.45) is 11.8 Å². The second-order valence-corrected chi connectivity index (χ2v) is 13.0. The molecule has 0 aromatic carbocycles. The molecule has 236 valence electrons. The van der Waals surface area contributed by atoms with E-state index in [1.165, 1.54) is 6.42 Å². The minimum atomic E-state index is -0.585. The summed E-state index contributed by atoms with van der Waals surface area (Å²) in [6.07, 6.45) is 6.06. The standard InChI is InChI=1S/C29H55N7O5/c1-4-8-35(3)29-33-25(11-27(34-29)32-22-15-39-16-22)28(38)30-12-23(37)14-36-9-7-20-10-24(6-5-21(20)13-36)40-17-26-19(2)31-18-41-26/h19-27,29,31-34,37H,4-18H2,1-3H3,(H,30,38)/t19?,20?,21?,23-,24?,25?,26?,27?,29?/m0/s1. The molecule has 0 bridgehead atoms. The molecule has 12 nitrogen and oxygen atoms in total. The van der Waals surface area contributed by atoms with Gasteiger partial charge in [0.05, 0.1) is 63.1 Å². The van der Waals surface area contributed by atoms with Gasteiger partial charge >= 0.3 is 0 Å². The van der Waals surface area contributed by atoms with Crippen molar-refractivity contribution in [2.75, 3.05) is 66.3 Å². The van der Waals surface area contributed by atoms with Crippen LogP contribution in [0.4, 0.5) is 0 Å². The zero-order valence-corrected chi connectivity index (χ0v) is 25.4. The predicted octanol–water partition coefficient (Wildman–Crippen LogP) is -0.803. The van der Waals surface area contributed by atoms with Crippen LogP contribution in [0.15, 0.2) is 0 Å². The zero-order chi connectivity index (χ0) is 28.8. The van der Waals surface area contributed by atoms with Gasteiger partial charge in [0.25, 0.3) is 0 Å². The van der Waals surface area contributed by atoms with Crippen LogP contribution < -0.4 is 26.6 Å².